The first-order valence-corrected chi connectivity index (χ1v) is 5.17. The molecule has 2 amide bonds. The van der Waals surface area contributed by atoms with Crippen LogP contribution in [0.3, 0.4) is 0 Å². The van der Waals surface area contributed by atoms with E-state index in [1.54, 1.807) is 0 Å². The molecule has 2 heterocycles. The fourth-order valence-electron chi connectivity index (χ4n) is 1.61. The lowest BCUT2D eigenvalue weighted by molar-refractivity contribution is 0.188. The highest BCUT2D eigenvalue weighted by molar-refractivity contribution is 5.74. The van der Waals surface area contributed by atoms with Gasteiger partial charge < -0.3 is 20.7 Å². The number of rotatable bonds is 3. The Labute approximate surface area is 83.6 Å². The van der Waals surface area contributed by atoms with Crippen molar-refractivity contribution in [1.82, 2.24) is 16.0 Å². The lowest BCUT2D eigenvalue weighted by atomic mass is 10.0. The van der Waals surface area contributed by atoms with Crippen molar-refractivity contribution in [1.29, 1.82) is 0 Å². The highest BCUT2D eigenvalue weighted by atomic mass is 16.5. The van der Waals surface area contributed by atoms with Crippen molar-refractivity contribution in [2.45, 2.75) is 12.5 Å². The van der Waals surface area contributed by atoms with Gasteiger partial charge in [0.15, 0.2) is 0 Å². The van der Waals surface area contributed by atoms with E-state index in [1.807, 2.05) is 0 Å². The van der Waals surface area contributed by atoms with Crippen molar-refractivity contribution < 1.29 is 9.53 Å². The summed E-state index contributed by atoms with van der Waals surface area (Å²) < 4.78 is 5.16. The Kier molecular flexibility index (Phi) is 3.21. The van der Waals surface area contributed by atoms with Gasteiger partial charge in [-0.15, -0.1) is 0 Å². The quantitative estimate of drug-likeness (QED) is 0.563. The van der Waals surface area contributed by atoms with E-state index in [2.05, 4.69) is 16.0 Å². The zero-order valence-electron chi connectivity index (χ0n) is 8.21. The van der Waals surface area contributed by atoms with E-state index in [0.29, 0.717) is 12.5 Å². The largest absolute Gasteiger partial charge is 0.379 e. The molecule has 1 atom stereocenters. The van der Waals surface area contributed by atoms with Crippen LogP contribution in [0.4, 0.5) is 4.79 Å². The molecule has 0 aromatic rings. The maximum Gasteiger partial charge on any atom is 0.315 e. The fraction of sp³-hybridized carbons (Fsp3) is 0.889. The molecule has 2 fully saturated rings. The van der Waals surface area contributed by atoms with Gasteiger partial charge in [-0.05, 0) is 6.42 Å². The van der Waals surface area contributed by atoms with Gasteiger partial charge in [-0.1, -0.05) is 0 Å². The second-order valence-corrected chi connectivity index (χ2v) is 3.94. The summed E-state index contributed by atoms with van der Waals surface area (Å²) >= 11 is 0. The summed E-state index contributed by atoms with van der Waals surface area (Å²) in [5.74, 6) is 0.612. The molecular weight excluding hydrogens is 182 g/mol. The van der Waals surface area contributed by atoms with Gasteiger partial charge in [-0.3, -0.25) is 0 Å². The molecule has 0 aliphatic carbocycles. The van der Waals surface area contributed by atoms with Crippen LogP contribution >= 0.6 is 0 Å². The molecule has 5 nitrogen and oxygen atoms in total. The summed E-state index contributed by atoms with van der Waals surface area (Å²) in [6.07, 6.45) is 0.929. The molecule has 0 aromatic heterocycles. The van der Waals surface area contributed by atoms with Crippen molar-refractivity contribution in [2.24, 2.45) is 5.92 Å². The van der Waals surface area contributed by atoms with E-state index in [9.17, 15) is 4.79 Å². The number of nitrogens with one attached hydrogen (secondary N) is 3. The summed E-state index contributed by atoms with van der Waals surface area (Å²) in [4.78, 5) is 11.3. The van der Waals surface area contributed by atoms with Gasteiger partial charge in [-0.25, -0.2) is 4.79 Å². The number of carbonyl (C=O) groups is 1. The van der Waals surface area contributed by atoms with Crippen molar-refractivity contribution >= 4 is 6.03 Å². The zero-order valence-corrected chi connectivity index (χ0v) is 8.21. The van der Waals surface area contributed by atoms with Gasteiger partial charge in [0.05, 0.1) is 12.6 Å². The SMILES string of the molecule is O=C(NCC1CNC1)NC1CCOC1. The fourth-order valence-corrected chi connectivity index (χ4v) is 1.61. The smallest absolute Gasteiger partial charge is 0.315 e. The van der Waals surface area contributed by atoms with Crippen LogP contribution in [0.5, 0.6) is 0 Å². The number of carbonyl (C=O) groups excluding carboxylic acids is 1. The van der Waals surface area contributed by atoms with Crippen LogP contribution in [0.2, 0.25) is 0 Å². The molecule has 0 radical (unpaired) electrons. The highest BCUT2D eigenvalue weighted by Crippen LogP contribution is 2.03. The maximum atomic E-state index is 11.3. The molecule has 2 saturated heterocycles. The van der Waals surface area contributed by atoms with Crippen LogP contribution in [-0.2, 0) is 4.74 Å². The number of hydrogen-bond acceptors (Lipinski definition) is 3. The predicted octanol–water partition coefficient (Wildman–Crippen LogP) is -0.706. The molecule has 14 heavy (non-hydrogen) atoms. The summed E-state index contributed by atoms with van der Waals surface area (Å²) in [5, 5.41) is 8.92. The Hall–Kier alpha value is -0.810. The second-order valence-electron chi connectivity index (χ2n) is 3.94. The summed E-state index contributed by atoms with van der Waals surface area (Å²) in [6.45, 7) is 4.22. The molecule has 2 aliphatic rings. The Morgan fingerprint density at radius 2 is 2.36 bits per heavy atom. The molecule has 3 N–H and O–H groups in total. The van der Waals surface area contributed by atoms with E-state index >= 15 is 0 Å². The highest BCUT2D eigenvalue weighted by Gasteiger charge is 2.20. The van der Waals surface area contributed by atoms with Crippen molar-refractivity contribution in [3.63, 3.8) is 0 Å². The van der Waals surface area contributed by atoms with Gasteiger partial charge in [0.2, 0.25) is 0 Å². The molecule has 5 heteroatoms. The van der Waals surface area contributed by atoms with Crippen molar-refractivity contribution in [3.05, 3.63) is 0 Å². The number of ether oxygens (including phenoxy) is 1. The molecule has 80 valence electrons. The molecule has 2 aliphatic heterocycles. The summed E-state index contributed by atoms with van der Waals surface area (Å²) in [5.41, 5.74) is 0. The summed E-state index contributed by atoms with van der Waals surface area (Å²) in [6, 6.07) is 0.141. The average molecular weight is 199 g/mol. The minimum atomic E-state index is -0.0626. The number of hydrogen-bond donors (Lipinski definition) is 3. The first kappa shape index (κ1) is 9.73. The van der Waals surface area contributed by atoms with Gasteiger partial charge in [0, 0.05) is 32.2 Å². The van der Waals surface area contributed by atoms with Crippen LogP contribution in [0, 0.1) is 5.92 Å². The molecule has 0 spiro atoms. The van der Waals surface area contributed by atoms with E-state index in [4.69, 9.17) is 4.74 Å². The zero-order chi connectivity index (χ0) is 9.80. The lowest BCUT2D eigenvalue weighted by Crippen LogP contribution is -2.51. The Morgan fingerprint density at radius 1 is 1.50 bits per heavy atom. The third-order valence-electron chi connectivity index (χ3n) is 2.68. The standard InChI is InChI=1S/C9H17N3O2/c13-9(11-5-7-3-10-4-7)12-8-1-2-14-6-8/h7-8,10H,1-6H2,(H2,11,12,13). The molecule has 1 unspecified atom stereocenters. The maximum absolute atomic E-state index is 11.3. The minimum absolute atomic E-state index is 0.0626. The number of amides is 2. The lowest BCUT2D eigenvalue weighted by Gasteiger charge is -2.27. The van der Waals surface area contributed by atoms with E-state index in [0.717, 1.165) is 32.7 Å². The van der Waals surface area contributed by atoms with Gasteiger partial charge in [-0.2, -0.15) is 0 Å². The summed E-state index contributed by atoms with van der Waals surface area (Å²) in [7, 11) is 0. The molecule has 0 aromatic carbocycles. The molecular formula is C9H17N3O2. The van der Waals surface area contributed by atoms with E-state index < -0.39 is 0 Å². The van der Waals surface area contributed by atoms with Gasteiger partial charge in [0.25, 0.3) is 0 Å². The Morgan fingerprint density at radius 3 is 2.93 bits per heavy atom. The van der Waals surface area contributed by atoms with Crippen LogP contribution in [0.25, 0.3) is 0 Å². The minimum Gasteiger partial charge on any atom is -0.379 e. The predicted molar refractivity (Wildman–Crippen MR) is 52.1 cm³/mol. The third kappa shape index (κ3) is 2.59. The average Bonchev–Trinajstić information content (AvgIpc) is 2.54. The van der Waals surface area contributed by atoms with E-state index in [-0.39, 0.29) is 12.1 Å². The van der Waals surface area contributed by atoms with Gasteiger partial charge >= 0.3 is 6.03 Å². The third-order valence-corrected chi connectivity index (χ3v) is 2.68. The molecule has 0 bridgehead atoms. The normalized spacial score (nSPS) is 27.0. The topological polar surface area (TPSA) is 62.4 Å². The van der Waals surface area contributed by atoms with E-state index in [1.165, 1.54) is 0 Å². The molecule has 2 rings (SSSR count). The van der Waals surface area contributed by atoms with Crippen LogP contribution < -0.4 is 16.0 Å². The second kappa shape index (κ2) is 4.61. The van der Waals surface area contributed by atoms with Crippen LogP contribution in [0.15, 0.2) is 0 Å². The molecule has 0 saturated carbocycles. The first-order chi connectivity index (χ1) is 6.84. The van der Waals surface area contributed by atoms with Crippen LogP contribution in [0.1, 0.15) is 6.42 Å². The van der Waals surface area contributed by atoms with Crippen molar-refractivity contribution in [3.8, 4) is 0 Å². The Balaban J connectivity index is 1.57. The number of urea groups is 1. The van der Waals surface area contributed by atoms with Crippen LogP contribution in [-0.4, -0.2) is 44.9 Å². The van der Waals surface area contributed by atoms with Gasteiger partial charge in [0.1, 0.15) is 0 Å². The monoisotopic (exact) mass is 199 g/mol. The Bertz CT molecular complexity index is 200. The van der Waals surface area contributed by atoms with Crippen molar-refractivity contribution in [2.75, 3.05) is 32.8 Å². The first-order valence-electron chi connectivity index (χ1n) is 5.17.